The minimum absolute atomic E-state index is 0.0420. The summed E-state index contributed by atoms with van der Waals surface area (Å²) in [5, 5.41) is 15.4. The molecular formula is C37H42N2O14. The first kappa shape index (κ1) is 40.0. The molecule has 6 atom stereocenters. The van der Waals surface area contributed by atoms with Crippen molar-refractivity contribution in [1.29, 1.82) is 0 Å². The summed E-state index contributed by atoms with van der Waals surface area (Å²) in [7, 11) is 0. The molecule has 2 aromatic rings. The Kier molecular flexibility index (Phi) is 13.7. The molecule has 53 heavy (non-hydrogen) atoms. The van der Waals surface area contributed by atoms with E-state index in [1.807, 2.05) is 30.3 Å². The van der Waals surface area contributed by atoms with Crippen LogP contribution in [0.3, 0.4) is 0 Å². The molecule has 0 aliphatic carbocycles. The summed E-state index contributed by atoms with van der Waals surface area (Å²) >= 11 is 0. The Morgan fingerprint density at radius 1 is 0.755 bits per heavy atom. The molecule has 0 aromatic heterocycles. The molecule has 0 bridgehead atoms. The fourth-order valence-electron chi connectivity index (χ4n) is 6.28. The third-order valence-corrected chi connectivity index (χ3v) is 8.33. The van der Waals surface area contributed by atoms with E-state index in [4.69, 9.17) is 33.2 Å². The highest BCUT2D eigenvalue weighted by atomic mass is 16.7. The Morgan fingerprint density at radius 3 is 1.94 bits per heavy atom. The number of carbonyl (C=O) groups excluding carboxylic acids is 5. The van der Waals surface area contributed by atoms with Gasteiger partial charge in [-0.2, -0.15) is 0 Å². The molecule has 2 aromatic carbocycles. The number of hydrogen-bond acceptors (Lipinski definition) is 15. The molecule has 1 fully saturated rings. The summed E-state index contributed by atoms with van der Waals surface area (Å²) in [5.74, 6) is -4.78. The normalized spacial score (nSPS) is 22.5. The number of nitrogens with one attached hydrogen (secondary N) is 1. The van der Waals surface area contributed by atoms with Crippen LogP contribution in [-0.4, -0.2) is 78.5 Å². The van der Waals surface area contributed by atoms with Crippen LogP contribution in [0.25, 0.3) is 0 Å². The lowest BCUT2D eigenvalue weighted by molar-refractivity contribution is -0.431. The van der Waals surface area contributed by atoms with E-state index in [1.165, 1.54) is 6.92 Å². The monoisotopic (exact) mass is 738 g/mol. The van der Waals surface area contributed by atoms with Gasteiger partial charge in [0.2, 0.25) is 0 Å². The van der Waals surface area contributed by atoms with Crippen LogP contribution in [0, 0.1) is 10.1 Å². The maximum absolute atomic E-state index is 14.0. The van der Waals surface area contributed by atoms with Crippen LogP contribution in [0.1, 0.15) is 65.0 Å². The second kappa shape index (κ2) is 18.1. The highest BCUT2D eigenvalue weighted by Crippen LogP contribution is 2.42. The third kappa shape index (κ3) is 10.4. The first-order valence-electron chi connectivity index (χ1n) is 16.7. The van der Waals surface area contributed by atoms with Crippen LogP contribution in [0.15, 0.2) is 77.3 Å². The maximum Gasteiger partial charge on any atom is 0.336 e. The highest BCUT2D eigenvalue weighted by Gasteiger charge is 2.52. The first-order chi connectivity index (χ1) is 25.2. The number of allylic oxidation sites excluding steroid dienone is 3. The van der Waals surface area contributed by atoms with Gasteiger partial charge in [-0.3, -0.25) is 29.3 Å². The van der Waals surface area contributed by atoms with Crippen molar-refractivity contribution in [3.05, 3.63) is 98.5 Å². The van der Waals surface area contributed by atoms with Crippen LogP contribution in [-0.2, 0) is 59.0 Å². The summed E-state index contributed by atoms with van der Waals surface area (Å²) < 4.78 is 39.4. The van der Waals surface area contributed by atoms with Crippen LogP contribution in [0.2, 0.25) is 0 Å². The average Bonchev–Trinajstić information content (AvgIpc) is 3.08. The predicted octanol–water partition coefficient (Wildman–Crippen LogP) is 3.79. The van der Waals surface area contributed by atoms with E-state index in [0.29, 0.717) is 17.0 Å². The number of nitrogens with zero attached hydrogens (tertiary/aromatic N) is 1. The number of rotatable bonds is 14. The van der Waals surface area contributed by atoms with Gasteiger partial charge in [0.1, 0.15) is 37.1 Å². The lowest BCUT2D eigenvalue weighted by Crippen LogP contribution is -2.62. The number of benzene rings is 2. The van der Waals surface area contributed by atoms with Gasteiger partial charge in [0, 0.05) is 45.4 Å². The zero-order valence-corrected chi connectivity index (χ0v) is 30.2. The van der Waals surface area contributed by atoms with Crippen LogP contribution in [0.4, 0.5) is 0 Å². The van der Waals surface area contributed by atoms with Gasteiger partial charge in [-0.05, 0) is 25.5 Å². The van der Waals surface area contributed by atoms with Crippen molar-refractivity contribution in [2.45, 2.75) is 91.0 Å². The lowest BCUT2D eigenvalue weighted by Gasteiger charge is -2.44. The second-order valence-corrected chi connectivity index (χ2v) is 12.3. The Labute approximate surface area is 305 Å². The molecule has 1 unspecified atom stereocenters. The highest BCUT2D eigenvalue weighted by molar-refractivity contribution is 5.92. The van der Waals surface area contributed by atoms with Gasteiger partial charge >= 0.3 is 29.8 Å². The molecule has 4 rings (SSSR count). The van der Waals surface area contributed by atoms with Crippen molar-refractivity contribution in [2.75, 3.05) is 13.2 Å². The number of esters is 5. The van der Waals surface area contributed by atoms with Gasteiger partial charge in [0.15, 0.2) is 18.3 Å². The fourth-order valence-corrected chi connectivity index (χ4v) is 6.28. The van der Waals surface area contributed by atoms with Crippen molar-refractivity contribution in [1.82, 2.24) is 5.32 Å². The Balaban J connectivity index is 1.63. The van der Waals surface area contributed by atoms with E-state index in [9.17, 15) is 34.1 Å². The molecule has 284 valence electrons. The van der Waals surface area contributed by atoms with Crippen molar-refractivity contribution in [3.8, 4) is 5.75 Å². The molecule has 2 heterocycles. The molecule has 0 radical (unpaired) electrons. The smallest absolute Gasteiger partial charge is 0.336 e. The van der Waals surface area contributed by atoms with E-state index in [1.54, 1.807) is 31.2 Å². The third-order valence-electron chi connectivity index (χ3n) is 8.33. The summed E-state index contributed by atoms with van der Waals surface area (Å²) in [6.07, 6.45) is -6.57. The number of nitro groups is 1. The lowest BCUT2D eigenvalue weighted by atomic mass is 9.83. The first-order valence-corrected chi connectivity index (χ1v) is 16.7. The summed E-state index contributed by atoms with van der Waals surface area (Å²) in [4.78, 5) is 74.0. The average molecular weight is 739 g/mol. The second-order valence-electron chi connectivity index (χ2n) is 12.3. The number of ether oxygens (including phenoxy) is 7. The summed E-state index contributed by atoms with van der Waals surface area (Å²) in [6, 6.07) is 16.0. The predicted molar refractivity (Wildman–Crippen MR) is 183 cm³/mol. The van der Waals surface area contributed by atoms with Crippen molar-refractivity contribution in [2.24, 2.45) is 0 Å². The number of carbonyl (C=O) groups is 5. The van der Waals surface area contributed by atoms with Gasteiger partial charge in [0.25, 0.3) is 5.70 Å². The molecule has 1 N–H and O–H groups in total. The number of hydrogen-bond donors (Lipinski definition) is 1. The van der Waals surface area contributed by atoms with Crippen LogP contribution < -0.4 is 10.1 Å². The largest absolute Gasteiger partial charge is 0.489 e. The van der Waals surface area contributed by atoms with Crippen molar-refractivity contribution in [3.63, 3.8) is 0 Å². The van der Waals surface area contributed by atoms with Crippen LogP contribution >= 0.6 is 0 Å². The van der Waals surface area contributed by atoms with E-state index in [-0.39, 0.29) is 36.6 Å². The molecular weight excluding hydrogens is 696 g/mol. The SMILES string of the molecule is CC(=O)OC[C@H]1O[C@@H](CCOC(=O)C2=C(C)NC(C)=C([N+](=O)[O-])C2c2ccccc2OCc2ccccc2)[C@H](OC(C)=O)[C@@H](OC(C)=O)[C@@H]1OC(C)=O. The fraction of sp³-hybridized carbons (Fsp3) is 0.432. The number of dihydropyridines is 1. The molecule has 0 spiro atoms. The Bertz CT molecular complexity index is 1770. The Morgan fingerprint density at radius 2 is 1.34 bits per heavy atom. The molecule has 16 heteroatoms. The quantitative estimate of drug-likeness (QED) is 0.127. The number of para-hydroxylation sites is 1. The zero-order valence-electron chi connectivity index (χ0n) is 30.2. The summed E-state index contributed by atoms with van der Waals surface area (Å²) in [5.41, 5.74) is 1.44. The van der Waals surface area contributed by atoms with Gasteiger partial charge in [-0.25, -0.2) is 4.79 Å². The van der Waals surface area contributed by atoms with Gasteiger partial charge in [-0.1, -0.05) is 48.5 Å². The molecule has 0 amide bonds. The molecule has 0 saturated carbocycles. The van der Waals surface area contributed by atoms with E-state index in [0.717, 1.165) is 33.3 Å². The molecule has 1 saturated heterocycles. The standard InChI is InChI=1S/C37H42N2O14/c1-20-31(32(33(39(45)46)21(2)38-20)27-14-10-11-15-28(27)49-18-26-12-8-7-9-13-26)37(44)47-17-16-29-34(50-23(4)41)36(52-25(6)43)35(51-24(5)42)30(53-29)19-48-22(3)40/h7-15,29-30,32,34-36,38H,16-19H2,1-6H3/t29-,30+,32?,34-,35+,36+/m0/s1. The van der Waals surface area contributed by atoms with Crippen molar-refractivity contribution >= 4 is 29.8 Å². The van der Waals surface area contributed by atoms with Gasteiger partial charge in [0.05, 0.1) is 22.8 Å². The van der Waals surface area contributed by atoms with Gasteiger partial charge in [-0.15, -0.1) is 0 Å². The van der Waals surface area contributed by atoms with E-state index in [2.05, 4.69) is 5.32 Å². The van der Waals surface area contributed by atoms with Gasteiger partial charge < -0.3 is 38.5 Å². The van der Waals surface area contributed by atoms with E-state index < -0.39 is 77.8 Å². The summed E-state index contributed by atoms with van der Waals surface area (Å²) in [6.45, 7) is 6.98. The molecule has 2 aliphatic rings. The van der Waals surface area contributed by atoms with Crippen molar-refractivity contribution < 1.29 is 62.1 Å². The molecule has 2 aliphatic heterocycles. The van der Waals surface area contributed by atoms with E-state index >= 15 is 0 Å². The maximum atomic E-state index is 14.0. The molecule has 16 nitrogen and oxygen atoms in total. The zero-order chi connectivity index (χ0) is 38.8. The Hall–Kier alpha value is -5.77. The topological polar surface area (TPSA) is 205 Å². The van der Waals surface area contributed by atoms with Crippen LogP contribution in [0.5, 0.6) is 5.75 Å². The minimum atomic E-state index is -1.39. The minimum Gasteiger partial charge on any atom is -0.489 e.